The van der Waals surface area contributed by atoms with Gasteiger partial charge in [0.2, 0.25) is 0 Å². The van der Waals surface area contributed by atoms with Crippen LogP contribution >= 0.6 is 7.29 Å². The summed E-state index contributed by atoms with van der Waals surface area (Å²) in [5.41, 5.74) is 1.22. The Morgan fingerprint density at radius 3 is 2.37 bits per heavy atom. The summed E-state index contributed by atoms with van der Waals surface area (Å²) in [6.45, 7) is 6.08. The summed E-state index contributed by atoms with van der Waals surface area (Å²) < 4.78 is 12.6. The Kier molecular flexibility index (Phi) is 4.44. The van der Waals surface area contributed by atoms with Crippen LogP contribution in [0.3, 0.4) is 0 Å². The molecule has 0 radical (unpaired) electrons. The number of nitrogens with one attached hydrogen (secondary N) is 1. The Balaban J connectivity index is 2.37. The minimum absolute atomic E-state index is 0.108. The molecule has 0 saturated heterocycles. The molecule has 102 valence electrons. The van der Waals surface area contributed by atoms with E-state index in [4.69, 9.17) is 0 Å². The van der Waals surface area contributed by atoms with Crippen molar-refractivity contribution in [2.24, 2.45) is 0 Å². The lowest BCUT2D eigenvalue weighted by atomic mass is 10.0. The maximum Gasteiger partial charge on any atom is 0.147 e. The van der Waals surface area contributed by atoms with Crippen LogP contribution in [-0.2, 0) is 4.57 Å². The number of fused-ring (bicyclic) bond motifs is 1. The highest BCUT2D eigenvalue weighted by atomic mass is 31.2. The van der Waals surface area contributed by atoms with Crippen LogP contribution < -0.4 is 5.09 Å². The first-order valence-corrected chi connectivity index (χ1v) is 9.01. The zero-order valence-corrected chi connectivity index (χ0v) is 12.8. The van der Waals surface area contributed by atoms with Crippen LogP contribution in [0.15, 0.2) is 42.5 Å². The van der Waals surface area contributed by atoms with Gasteiger partial charge < -0.3 is 4.57 Å². The van der Waals surface area contributed by atoms with E-state index < -0.39 is 7.29 Å². The fourth-order valence-electron chi connectivity index (χ4n) is 2.46. The number of hydrogen-bond donors (Lipinski definition) is 1. The third-order valence-electron chi connectivity index (χ3n) is 3.74. The third-order valence-corrected chi connectivity index (χ3v) is 6.64. The highest BCUT2D eigenvalue weighted by Gasteiger charge is 2.20. The molecule has 2 nitrogen and oxygen atoms in total. The molecule has 1 atom stereocenters. The zero-order valence-electron chi connectivity index (χ0n) is 11.9. The maximum atomic E-state index is 12.6. The molecule has 0 spiro atoms. The molecule has 1 N–H and O–H groups in total. The van der Waals surface area contributed by atoms with Gasteiger partial charge in [-0.15, -0.1) is 0 Å². The molecule has 2 aromatic carbocycles. The molecule has 0 amide bonds. The van der Waals surface area contributed by atoms with Crippen molar-refractivity contribution in [1.82, 2.24) is 5.09 Å². The van der Waals surface area contributed by atoms with Gasteiger partial charge in [0, 0.05) is 18.4 Å². The predicted octanol–water partition coefficient (Wildman–Crippen LogP) is 4.81. The highest BCUT2D eigenvalue weighted by molar-refractivity contribution is 7.61. The van der Waals surface area contributed by atoms with Crippen LogP contribution in [-0.4, -0.2) is 12.3 Å². The molecule has 1 unspecified atom stereocenters. The molecule has 0 bridgehead atoms. The van der Waals surface area contributed by atoms with E-state index in [1.165, 1.54) is 16.3 Å². The number of rotatable bonds is 5. The van der Waals surface area contributed by atoms with E-state index in [0.717, 1.165) is 0 Å². The zero-order chi connectivity index (χ0) is 13.9. The van der Waals surface area contributed by atoms with Crippen molar-refractivity contribution in [3.8, 4) is 0 Å². The van der Waals surface area contributed by atoms with Crippen molar-refractivity contribution in [1.29, 1.82) is 0 Å². The number of benzene rings is 2. The molecule has 3 heteroatoms. The van der Waals surface area contributed by atoms with Crippen molar-refractivity contribution in [2.45, 2.75) is 26.8 Å². The quantitative estimate of drug-likeness (QED) is 0.793. The van der Waals surface area contributed by atoms with Crippen LogP contribution in [0.1, 0.15) is 32.4 Å². The smallest absolute Gasteiger partial charge is 0.147 e. The fourth-order valence-corrected chi connectivity index (χ4v) is 4.11. The van der Waals surface area contributed by atoms with E-state index in [9.17, 15) is 4.57 Å². The fraction of sp³-hybridized carbons (Fsp3) is 0.375. The molecule has 2 rings (SSSR count). The molecule has 2 aromatic rings. The van der Waals surface area contributed by atoms with Crippen molar-refractivity contribution in [3.63, 3.8) is 0 Å². The Morgan fingerprint density at radius 2 is 1.68 bits per heavy atom. The predicted molar refractivity (Wildman–Crippen MR) is 84.2 cm³/mol. The Morgan fingerprint density at radius 1 is 1.05 bits per heavy atom. The van der Waals surface area contributed by atoms with E-state index >= 15 is 0 Å². The van der Waals surface area contributed by atoms with E-state index in [2.05, 4.69) is 48.4 Å². The maximum absolute atomic E-state index is 12.6. The monoisotopic (exact) mass is 275 g/mol. The second-order valence-electron chi connectivity index (χ2n) is 4.94. The van der Waals surface area contributed by atoms with Gasteiger partial charge >= 0.3 is 0 Å². The molecule has 19 heavy (non-hydrogen) atoms. The summed E-state index contributed by atoms with van der Waals surface area (Å²) in [6, 6.07) is 14.8. The summed E-state index contributed by atoms with van der Waals surface area (Å²) in [6.07, 6.45) is 1.41. The van der Waals surface area contributed by atoms with E-state index in [-0.39, 0.29) is 6.04 Å². The average Bonchev–Trinajstić information content (AvgIpc) is 2.46. The molecule has 0 heterocycles. The van der Waals surface area contributed by atoms with Crippen LogP contribution in [0, 0.1) is 0 Å². The van der Waals surface area contributed by atoms with Crippen molar-refractivity contribution >= 4 is 18.1 Å². The summed E-state index contributed by atoms with van der Waals surface area (Å²) in [4.78, 5) is 0. The normalized spacial score (nSPS) is 13.6. The molecule has 0 fully saturated rings. The topological polar surface area (TPSA) is 29.1 Å². The minimum atomic E-state index is -2.23. The van der Waals surface area contributed by atoms with Gasteiger partial charge in [0.25, 0.3) is 0 Å². The molecule has 0 aliphatic heterocycles. The lowest BCUT2D eigenvalue weighted by molar-refractivity contribution is 0.555. The van der Waals surface area contributed by atoms with Crippen LogP contribution in [0.5, 0.6) is 0 Å². The summed E-state index contributed by atoms with van der Waals surface area (Å²) in [7, 11) is -2.23. The summed E-state index contributed by atoms with van der Waals surface area (Å²) in [5, 5.41) is 5.83. The van der Waals surface area contributed by atoms with Crippen molar-refractivity contribution in [3.05, 3.63) is 48.0 Å². The minimum Gasteiger partial charge on any atom is -0.307 e. The van der Waals surface area contributed by atoms with Gasteiger partial charge in [-0.2, -0.15) is 0 Å². The van der Waals surface area contributed by atoms with Gasteiger partial charge in [-0.1, -0.05) is 56.3 Å². The second kappa shape index (κ2) is 5.90. The van der Waals surface area contributed by atoms with Crippen LogP contribution in [0.2, 0.25) is 0 Å². The van der Waals surface area contributed by atoms with Gasteiger partial charge in [-0.05, 0) is 23.3 Å². The lowest BCUT2D eigenvalue weighted by Crippen LogP contribution is -2.18. The SMILES string of the molecule is CCP(=O)(CC)NC(C)c1cccc2ccccc12. The molecular weight excluding hydrogens is 253 g/mol. The largest absolute Gasteiger partial charge is 0.307 e. The van der Waals surface area contributed by atoms with E-state index in [1.807, 2.05) is 19.9 Å². The van der Waals surface area contributed by atoms with Gasteiger partial charge in [-0.3, -0.25) is 5.09 Å². The van der Waals surface area contributed by atoms with Crippen molar-refractivity contribution < 1.29 is 4.57 Å². The highest BCUT2D eigenvalue weighted by Crippen LogP contribution is 2.43. The molecule has 0 saturated carbocycles. The van der Waals surface area contributed by atoms with Crippen LogP contribution in [0.4, 0.5) is 0 Å². The molecule has 0 aliphatic rings. The Labute approximate surface area is 115 Å². The van der Waals surface area contributed by atoms with Gasteiger partial charge in [0.1, 0.15) is 7.29 Å². The van der Waals surface area contributed by atoms with Crippen molar-refractivity contribution in [2.75, 3.05) is 12.3 Å². The molecule has 0 aliphatic carbocycles. The van der Waals surface area contributed by atoms with E-state index in [0.29, 0.717) is 12.3 Å². The number of hydrogen-bond acceptors (Lipinski definition) is 1. The lowest BCUT2D eigenvalue weighted by Gasteiger charge is -2.23. The average molecular weight is 275 g/mol. The summed E-state index contributed by atoms with van der Waals surface area (Å²) in [5.74, 6) is 0. The van der Waals surface area contributed by atoms with Gasteiger partial charge in [0.15, 0.2) is 0 Å². The van der Waals surface area contributed by atoms with Gasteiger partial charge in [0.05, 0.1) is 0 Å². The molecular formula is C16H22NOP. The first-order valence-electron chi connectivity index (χ1n) is 6.93. The van der Waals surface area contributed by atoms with Gasteiger partial charge in [-0.25, -0.2) is 0 Å². The summed E-state index contributed by atoms with van der Waals surface area (Å²) >= 11 is 0. The first kappa shape index (κ1) is 14.3. The third kappa shape index (κ3) is 3.08. The Hall–Kier alpha value is -1.11. The first-order chi connectivity index (χ1) is 9.09. The van der Waals surface area contributed by atoms with E-state index in [1.54, 1.807) is 0 Å². The molecule has 0 aromatic heterocycles. The standard InChI is InChI=1S/C16H22NOP/c1-4-19(18,5-2)17-13(3)15-12-8-10-14-9-6-7-11-16(14)15/h6-13H,4-5H2,1-3H3,(H,17,18). The van der Waals surface area contributed by atoms with Crippen LogP contribution in [0.25, 0.3) is 10.8 Å². The second-order valence-corrected chi connectivity index (χ2v) is 8.24. The Bertz CT molecular complexity index is 595.